The van der Waals surface area contributed by atoms with Crippen molar-refractivity contribution in [3.63, 3.8) is 0 Å². The summed E-state index contributed by atoms with van der Waals surface area (Å²) in [5, 5.41) is 3.63. The smallest absolute Gasteiger partial charge is 0.0982 e. The Morgan fingerprint density at radius 1 is 1.33 bits per heavy atom. The van der Waals surface area contributed by atoms with E-state index in [9.17, 15) is 0 Å². The van der Waals surface area contributed by atoms with Crippen molar-refractivity contribution >= 4 is 0 Å². The summed E-state index contributed by atoms with van der Waals surface area (Å²) in [7, 11) is 0. The molecule has 2 aliphatic carbocycles. The molecule has 0 bridgehead atoms. The molecule has 15 heavy (non-hydrogen) atoms. The number of azide groups is 1. The summed E-state index contributed by atoms with van der Waals surface area (Å²) in [6.07, 6.45) is 8.70. The summed E-state index contributed by atoms with van der Waals surface area (Å²) in [5.74, 6) is 0.726. The lowest BCUT2D eigenvalue weighted by Gasteiger charge is -2.27. The van der Waals surface area contributed by atoms with E-state index in [1.165, 1.54) is 38.5 Å². The van der Waals surface area contributed by atoms with Crippen molar-refractivity contribution in [3.8, 4) is 0 Å². The normalized spacial score (nSPS) is 40.1. The Morgan fingerprint density at radius 2 is 2.20 bits per heavy atom. The minimum Gasteiger partial charge on any atom is -0.363 e. The fraction of sp³-hybridized carbons (Fsp3) is 1.00. The van der Waals surface area contributed by atoms with E-state index in [1.807, 2.05) is 0 Å². The zero-order valence-corrected chi connectivity index (χ0v) is 8.98. The van der Waals surface area contributed by atoms with Gasteiger partial charge in [0.05, 0.1) is 11.2 Å². The Balaban J connectivity index is 1.56. The zero-order chi connectivity index (χ0) is 10.4. The second kappa shape index (κ2) is 3.13. The molecule has 0 aromatic heterocycles. The van der Waals surface area contributed by atoms with Crippen LogP contribution in [0.5, 0.6) is 0 Å². The first-order valence-corrected chi connectivity index (χ1v) is 6.01. The number of ether oxygens (including phenoxy) is 1. The second-order valence-corrected chi connectivity index (χ2v) is 5.30. The summed E-state index contributed by atoms with van der Waals surface area (Å²) in [4.78, 5) is 2.81. The van der Waals surface area contributed by atoms with Gasteiger partial charge in [0.2, 0.25) is 0 Å². The molecule has 2 saturated carbocycles. The van der Waals surface area contributed by atoms with E-state index in [4.69, 9.17) is 10.3 Å². The average molecular weight is 207 g/mol. The van der Waals surface area contributed by atoms with Crippen molar-refractivity contribution in [1.29, 1.82) is 0 Å². The van der Waals surface area contributed by atoms with E-state index < -0.39 is 0 Å². The highest BCUT2D eigenvalue weighted by atomic mass is 16.6. The number of epoxide rings is 1. The highest BCUT2D eigenvalue weighted by Crippen LogP contribution is 2.70. The van der Waals surface area contributed by atoms with Gasteiger partial charge < -0.3 is 4.74 Å². The van der Waals surface area contributed by atoms with Gasteiger partial charge in [-0.25, -0.2) is 0 Å². The van der Waals surface area contributed by atoms with Gasteiger partial charge in [-0.2, -0.15) is 0 Å². The van der Waals surface area contributed by atoms with Crippen molar-refractivity contribution in [2.24, 2.45) is 11.0 Å². The van der Waals surface area contributed by atoms with Crippen molar-refractivity contribution in [3.05, 3.63) is 10.4 Å². The van der Waals surface area contributed by atoms with Crippen LogP contribution in [0, 0.1) is 5.92 Å². The van der Waals surface area contributed by atoms with Crippen LogP contribution >= 0.6 is 0 Å². The molecular formula is C11H17N3O. The standard InChI is InChI=1S/C11H17N3O/c12-14-13-7-3-9-2-1-4-11(8-9)10(15-11)5-6-10/h9H,1-8H2/t9?,11-/m0/s1. The first-order chi connectivity index (χ1) is 7.30. The Hall–Kier alpha value is -0.730. The molecule has 1 unspecified atom stereocenters. The average Bonchev–Trinajstić information content (AvgIpc) is 3.10. The summed E-state index contributed by atoms with van der Waals surface area (Å²) in [6, 6.07) is 0. The summed E-state index contributed by atoms with van der Waals surface area (Å²) in [6.45, 7) is 0.657. The lowest BCUT2D eigenvalue weighted by atomic mass is 9.77. The van der Waals surface area contributed by atoms with Crippen LogP contribution < -0.4 is 0 Å². The molecule has 82 valence electrons. The largest absolute Gasteiger partial charge is 0.363 e. The summed E-state index contributed by atoms with van der Waals surface area (Å²) >= 11 is 0. The molecule has 1 saturated heterocycles. The molecule has 3 fully saturated rings. The van der Waals surface area contributed by atoms with Gasteiger partial charge in [0.1, 0.15) is 0 Å². The third kappa shape index (κ3) is 1.44. The van der Waals surface area contributed by atoms with Crippen LogP contribution in [0.4, 0.5) is 0 Å². The Bertz CT molecular complexity index is 320. The van der Waals surface area contributed by atoms with Crippen LogP contribution in [-0.4, -0.2) is 17.7 Å². The van der Waals surface area contributed by atoms with E-state index >= 15 is 0 Å². The van der Waals surface area contributed by atoms with Gasteiger partial charge in [-0.3, -0.25) is 0 Å². The predicted octanol–water partition coefficient (Wildman–Crippen LogP) is 3.18. The maximum atomic E-state index is 8.24. The van der Waals surface area contributed by atoms with E-state index in [0.29, 0.717) is 12.1 Å². The van der Waals surface area contributed by atoms with Crippen molar-refractivity contribution in [2.75, 3.05) is 6.54 Å². The van der Waals surface area contributed by atoms with Crippen LogP contribution in [0.15, 0.2) is 5.11 Å². The first kappa shape index (κ1) is 9.49. The number of fused-ring (bicyclic) bond motifs is 1. The van der Waals surface area contributed by atoms with Crippen molar-refractivity contribution < 1.29 is 4.74 Å². The third-order valence-corrected chi connectivity index (χ3v) is 4.40. The molecule has 4 heteroatoms. The van der Waals surface area contributed by atoms with E-state index in [1.54, 1.807) is 0 Å². The van der Waals surface area contributed by atoms with Gasteiger partial charge in [-0.15, -0.1) is 0 Å². The van der Waals surface area contributed by atoms with Gasteiger partial charge in [-0.05, 0) is 43.6 Å². The highest BCUT2D eigenvalue weighted by molar-refractivity contribution is 5.25. The monoisotopic (exact) mass is 207 g/mol. The lowest BCUT2D eigenvalue weighted by molar-refractivity contribution is 0.184. The second-order valence-electron chi connectivity index (χ2n) is 5.30. The van der Waals surface area contributed by atoms with Gasteiger partial charge in [-0.1, -0.05) is 18.0 Å². The molecule has 2 atom stereocenters. The zero-order valence-electron chi connectivity index (χ0n) is 8.98. The van der Waals surface area contributed by atoms with Crippen LogP contribution in [0.25, 0.3) is 10.4 Å². The van der Waals surface area contributed by atoms with Gasteiger partial charge in [0, 0.05) is 11.5 Å². The van der Waals surface area contributed by atoms with E-state index in [2.05, 4.69) is 10.0 Å². The number of nitrogens with zero attached hydrogens (tertiary/aromatic N) is 3. The van der Waals surface area contributed by atoms with E-state index in [-0.39, 0.29) is 5.60 Å². The highest BCUT2D eigenvalue weighted by Gasteiger charge is 2.76. The molecule has 0 amide bonds. The van der Waals surface area contributed by atoms with Gasteiger partial charge >= 0.3 is 0 Å². The Labute approximate surface area is 89.6 Å². The summed E-state index contributed by atoms with van der Waals surface area (Å²) < 4.78 is 5.98. The topological polar surface area (TPSA) is 61.3 Å². The van der Waals surface area contributed by atoms with Crippen LogP contribution in [0.3, 0.4) is 0 Å². The molecular weight excluding hydrogens is 190 g/mol. The lowest BCUT2D eigenvalue weighted by Crippen LogP contribution is -2.26. The van der Waals surface area contributed by atoms with Crippen molar-refractivity contribution in [2.45, 2.75) is 56.1 Å². The molecule has 2 spiro atoms. The minimum atomic E-state index is 0.270. The molecule has 3 rings (SSSR count). The SMILES string of the molecule is [N-]=[N+]=NCCC1CCC[C@@]2(C1)OC21CC1. The van der Waals surface area contributed by atoms with Crippen molar-refractivity contribution in [1.82, 2.24) is 0 Å². The predicted molar refractivity (Wildman–Crippen MR) is 56.4 cm³/mol. The quantitative estimate of drug-likeness (QED) is 0.303. The molecule has 0 aromatic carbocycles. The fourth-order valence-electron chi connectivity index (χ4n) is 3.40. The number of rotatable bonds is 3. The maximum Gasteiger partial charge on any atom is 0.0982 e. The molecule has 0 radical (unpaired) electrons. The van der Waals surface area contributed by atoms with Crippen LogP contribution in [-0.2, 0) is 4.74 Å². The molecule has 0 aromatic rings. The number of hydrogen-bond donors (Lipinski definition) is 0. The van der Waals surface area contributed by atoms with Gasteiger partial charge in [0.15, 0.2) is 0 Å². The third-order valence-electron chi connectivity index (χ3n) is 4.40. The van der Waals surface area contributed by atoms with Crippen LogP contribution in [0.1, 0.15) is 44.9 Å². The molecule has 3 aliphatic rings. The fourth-order valence-corrected chi connectivity index (χ4v) is 3.40. The number of hydrogen-bond acceptors (Lipinski definition) is 2. The van der Waals surface area contributed by atoms with Gasteiger partial charge in [0.25, 0.3) is 0 Å². The Kier molecular flexibility index (Phi) is 1.98. The first-order valence-electron chi connectivity index (χ1n) is 6.01. The molecule has 1 heterocycles. The maximum absolute atomic E-state index is 8.24. The van der Waals surface area contributed by atoms with Crippen LogP contribution in [0.2, 0.25) is 0 Å². The molecule has 0 N–H and O–H groups in total. The minimum absolute atomic E-state index is 0.270. The Morgan fingerprint density at radius 3 is 2.87 bits per heavy atom. The molecule has 1 aliphatic heterocycles. The summed E-state index contributed by atoms with van der Waals surface area (Å²) in [5.41, 5.74) is 8.85. The van der Waals surface area contributed by atoms with E-state index in [0.717, 1.165) is 12.3 Å². The molecule has 4 nitrogen and oxygen atoms in total.